The quantitative estimate of drug-likeness (QED) is 0.169. The first-order chi connectivity index (χ1) is 20.9. The number of amides is 2. The second kappa shape index (κ2) is 14.3. The predicted octanol–water partition coefficient (Wildman–Crippen LogP) is 2.57. The summed E-state index contributed by atoms with van der Waals surface area (Å²) in [5, 5.41) is 7.55. The molecule has 12 heteroatoms. The highest BCUT2D eigenvalue weighted by Crippen LogP contribution is 2.29. The summed E-state index contributed by atoms with van der Waals surface area (Å²) in [5.74, 6) is -1.80. The topological polar surface area (TPSA) is 162 Å². The summed E-state index contributed by atoms with van der Waals surface area (Å²) in [6.07, 6.45) is 0.0917. The van der Waals surface area contributed by atoms with Crippen LogP contribution in [-0.2, 0) is 33.4 Å². The predicted molar refractivity (Wildman–Crippen MR) is 161 cm³/mol. The Morgan fingerprint density at radius 1 is 0.977 bits per heavy atom. The minimum absolute atomic E-state index is 0.00659. The fourth-order valence-corrected chi connectivity index (χ4v) is 4.97. The maximum atomic E-state index is 13.4. The maximum Gasteiger partial charge on any atom is 0.314 e. The number of esters is 2. The average molecular weight is 609 g/mol. The fraction of sp³-hybridized carbons (Fsp3) is 0.469. The number of amidine groups is 1. The van der Waals surface area contributed by atoms with Crippen molar-refractivity contribution < 1.29 is 38.1 Å². The number of benzene rings is 2. The van der Waals surface area contributed by atoms with E-state index in [0.717, 1.165) is 11.1 Å². The van der Waals surface area contributed by atoms with E-state index in [1.807, 2.05) is 36.4 Å². The number of carbonyl (C=O) groups is 4. The van der Waals surface area contributed by atoms with Crippen LogP contribution in [0.1, 0.15) is 39.2 Å². The van der Waals surface area contributed by atoms with Gasteiger partial charge in [0.1, 0.15) is 24.7 Å². The van der Waals surface area contributed by atoms with Gasteiger partial charge in [-0.3, -0.25) is 24.6 Å². The van der Waals surface area contributed by atoms with Crippen LogP contribution in [0.2, 0.25) is 0 Å². The number of nitrogens with one attached hydrogen (secondary N) is 1. The number of rotatable bonds is 11. The Kier molecular flexibility index (Phi) is 10.6. The van der Waals surface area contributed by atoms with E-state index in [1.54, 1.807) is 37.8 Å². The molecule has 0 aliphatic carbocycles. The van der Waals surface area contributed by atoms with Crippen molar-refractivity contribution in [3.8, 4) is 16.9 Å². The third-order valence-corrected chi connectivity index (χ3v) is 7.56. The molecule has 4 rings (SSSR count). The lowest BCUT2D eigenvalue weighted by Crippen LogP contribution is -2.48. The first-order valence-corrected chi connectivity index (χ1v) is 14.6. The summed E-state index contributed by atoms with van der Waals surface area (Å²) in [6.45, 7) is 6.32. The third-order valence-electron chi connectivity index (χ3n) is 7.56. The normalized spacial score (nSPS) is 18.6. The monoisotopic (exact) mass is 608 g/mol. The molecule has 12 nitrogen and oxygen atoms in total. The summed E-state index contributed by atoms with van der Waals surface area (Å²) >= 11 is 0. The van der Waals surface area contributed by atoms with Gasteiger partial charge >= 0.3 is 11.9 Å². The van der Waals surface area contributed by atoms with E-state index in [1.165, 1.54) is 4.90 Å². The Balaban J connectivity index is 1.38. The third kappa shape index (κ3) is 8.56. The number of likely N-dealkylation sites (tertiary alicyclic amines) is 1. The van der Waals surface area contributed by atoms with Gasteiger partial charge in [0.2, 0.25) is 18.6 Å². The summed E-state index contributed by atoms with van der Waals surface area (Å²) in [4.78, 5) is 54.1. The summed E-state index contributed by atoms with van der Waals surface area (Å²) in [5.41, 5.74) is 7.36. The Bertz CT molecular complexity index is 1350. The van der Waals surface area contributed by atoms with Gasteiger partial charge in [0.15, 0.2) is 0 Å². The van der Waals surface area contributed by atoms with Crippen LogP contribution in [0.25, 0.3) is 11.1 Å². The summed E-state index contributed by atoms with van der Waals surface area (Å²) < 4.78 is 21.5. The highest BCUT2D eigenvalue weighted by molar-refractivity contribution is 5.95. The Labute approximate surface area is 256 Å². The standard InChI is InChI=1S/C32H40N4O8/c1-32(2,3)31(40)44-20-43-28(38)17-24-16-25(36(30(24)39)18-27(37)35-12-14-41-15-13-35)19-42-26-10-8-22(9-11-26)21-4-6-23(7-5-21)29(33)34/h4-11,24-25H,12-20H2,1-3H3,(H3,33,34)/t24-,25-/m0/s1. The second-order valence-corrected chi connectivity index (χ2v) is 11.9. The number of hydrogen-bond donors (Lipinski definition) is 2. The van der Waals surface area contributed by atoms with Crippen LogP contribution >= 0.6 is 0 Å². The van der Waals surface area contributed by atoms with Gasteiger partial charge in [-0.1, -0.05) is 36.4 Å². The fourth-order valence-electron chi connectivity index (χ4n) is 4.97. The smallest absolute Gasteiger partial charge is 0.314 e. The minimum atomic E-state index is -0.739. The first-order valence-electron chi connectivity index (χ1n) is 14.6. The summed E-state index contributed by atoms with van der Waals surface area (Å²) in [6, 6.07) is 14.4. The van der Waals surface area contributed by atoms with Gasteiger partial charge in [-0.25, -0.2) is 0 Å². The number of hydrogen-bond acceptors (Lipinski definition) is 9. The van der Waals surface area contributed by atoms with Crippen molar-refractivity contribution in [2.75, 3.05) is 46.2 Å². The van der Waals surface area contributed by atoms with Gasteiger partial charge in [0.05, 0.1) is 37.0 Å². The van der Waals surface area contributed by atoms with E-state index >= 15 is 0 Å². The van der Waals surface area contributed by atoms with E-state index in [2.05, 4.69) is 0 Å². The number of carbonyl (C=O) groups excluding carboxylic acids is 4. The van der Waals surface area contributed by atoms with Crippen LogP contribution in [0.15, 0.2) is 48.5 Å². The number of ether oxygens (including phenoxy) is 4. The number of nitrogens with two attached hydrogens (primary N) is 1. The van der Waals surface area contributed by atoms with E-state index in [-0.39, 0.29) is 37.2 Å². The van der Waals surface area contributed by atoms with Crippen molar-refractivity contribution >= 4 is 29.6 Å². The lowest BCUT2D eigenvalue weighted by Gasteiger charge is -2.30. The Hall–Kier alpha value is -4.45. The van der Waals surface area contributed by atoms with Gasteiger partial charge in [-0.2, -0.15) is 0 Å². The minimum Gasteiger partial charge on any atom is -0.491 e. The molecule has 2 amide bonds. The van der Waals surface area contributed by atoms with Crippen LogP contribution in [-0.4, -0.2) is 91.7 Å². The largest absolute Gasteiger partial charge is 0.491 e. The van der Waals surface area contributed by atoms with Gasteiger partial charge in [0, 0.05) is 18.7 Å². The molecule has 3 N–H and O–H groups in total. The average Bonchev–Trinajstić information content (AvgIpc) is 3.29. The van der Waals surface area contributed by atoms with E-state index in [9.17, 15) is 19.2 Å². The maximum absolute atomic E-state index is 13.4. The molecule has 2 aliphatic rings. The van der Waals surface area contributed by atoms with Gasteiger partial charge in [0.25, 0.3) is 0 Å². The molecule has 2 saturated heterocycles. The molecule has 2 heterocycles. The van der Waals surface area contributed by atoms with Crippen LogP contribution in [0, 0.1) is 16.7 Å². The molecule has 0 radical (unpaired) electrons. The number of nitrogen functional groups attached to an aromatic ring is 1. The second-order valence-electron chi connectivity index (χ2n) is 11.9. The van der Waals surface area contributed by atoms with Gasteiger partial charge in [-0.15, -0.1) is 0 Å². The molecule has 44 heavy (non-hydrogen) atoms. The van der Waals surface area contributed by atoms with Gasteiger partial charge in [-0.05, 0) is 50.5 Å². The van der Waals surface area contributed by atoms with Crippen LogP contribution in [0.3, 0.4) is 0 Å². The SMILES string of the molecule is CC(C)(C)C(=O)OCOC(=O)C[C@@H]1C[C@@H](COc2ccc(-c3ccc(C(=N)N)cc3)cc2)N(CC(=O)N2CCOCC2)C1=O. The molecule has 0 saturated carbocycles. The lowest BCUT2D eigenvalue weighted by molar-refractivity contribution is -0.174. The van der Waals surface area contributed by atoms with Crippen molar-refractivity contribution in [3.63, 3.8) is 0 Å². The van der Waals surface area contributed by atoms with E-state index in [4.69, 9.17) is 30.1 Å². The number of nitrogens with zero attached hydrogens (tertiary/aromatic N) is 2. The lowest BCUT2D eigenvalue weighted by atomic mass is 9.98. The molecule has 2 aromatic carbocycles. The molecule has 2 fully saturated rings. The zero-order valence-electron chi connectivity index (χ0n) is 25.4. The van der Waals surface area contributed by atoms with E-state index in [0.29, 0.717) is 44.0 Å². The Morgan fingerprint density at radius 2 is 1.59 bits per heavy atom. The van der Waals surface area contributed by atoms with Gasteiger partial charge < -0.3 is 34.5 Å². The van der Waals surface area contributed by atoms with Crippen LogP contribution in [0.4, 0.5) is 0 Å². The summed E-state index contributed by atoms with van der Waals surface area (Å²) in [7, 11) is 0. The van der Waals surface area contributed by atoms with Crippen molar-refractivity contribution in [1.82, 2.24) is 9.80 Å². The molecule has 0 unspecified atom stereocenters. The molecular weight excluding hydrogens is 568 g/mol. The Morgan fingerprint density at radius 3 is 2.18 bits per heavy atom. The zero-order valence-corrected chi connectivity index (χ0v) is 25.4. The zero-order chi connectivity index (χ0) is 31.9. The van der Waals surface area contributed by atoms with E-state index < -0.39 is 36.1 Å². The molecule has 236 valence electrons. The highest BCUT2D eigenvalue weighted by Gasteiger charge is 2.42. The van der Waals surface area contributed by atoms with Crippen molar-refractivity contribution in [1.29, 1.82) is 5.41 Å². The van der Waals surface area contributed by atoms with Crippen molar-refractivity contribution in [2.24, 2.45) is 17.1 Å². The molecule has 2 aliphatic heterocycles. The van der Waals surface area contributed by atoms with Crippen LogP contribution in [0.5, 0.6) is 5.75 Å². The van der Waals surface area contributed by atoms with Crippen molar-refractivity contribution in [2.45, 2.75) is 39.7 Å². The number of morpholine rings is 1. The molecule has 2 atom stereocenters. The molecule has 0 aromatic heterocycles. The molecular formula is C32H40N4O8. The molecule has 0 bridgehead atoms. The molecule has 2 aromatic rings. The van der Waals surface area contributed by atoms with Crippen LogP contribution < -0.4 is 10.5 Å². The first kappa shape index (κ1) is 32.5. The molecule has 0 spiro atoms. The highest BCUT2D eigenvalue weighted by atomic mass is 16.7. The van der Waals surface area contributed by atoms with Crippen molar-refractivity contribution in [3.05, 3.63) is 54.1 Å².